The lowest BCUT2D eigenvalue weighted by atomic mass is 10.1. The predicted molar refractivity (Wildman–Crippen MR) is 92.8 cm³/mol. The van der Waals surface area contributed by atoms with E-state index < -0.39 is 0 Å². The minimum atomic E-state index is -0.349. The molecule has 0 atom stereocenters. The van der Waals surface area contributed by atoms with Gasteiger partial charge in [0.05, 0.1) is 18.9 Å². The molecule has 6 nitrogen and oxygen atoms in total. The zero-order valence-corrected chi connectivity index (χ0v) is 14.4. The smallest absolute Gasteiger partial charge is 0.269 e. The zero-order chi connectivity index (χ0) is 17.6. The highest BCUT2D eigenvalue weighted by Crippen LogP contribution is 2.21. The number of hydrogen-bond donors (Lipinski definition) is 1. The quantitative estimate of drug-likeness (QED) is 0.809. The molecule has 0 aliphatic carbocycles. The molecule has 1 aromatic carbocycles. The Kier molecular flexibility index (Phi) is 5.78. The second kappa shape index (κ2) is 8.22. The van der Waals surface area contributed by atoms with Gasteiger partial charge < -0.3 is 10.1 Å². The average molecular weight is 346 g/mol. The van der Waals surface area contributed by atoms with Crippen molar-refractivity contribution in [3.63, 3.8) is 0 Å². The van der Waals surface area contributed by atoms with Gasteiger partial charge in [-0.2, -0.15) is 5.10 Å². The zero-order valence-electron chi connectivity index (χ0n) is 14.4. The summed E-state index contributed by atoms with van der Waals surface area (Å²) in [5.41, 5.74) is 1.27. The first kappa shape index (κ1) is 17.6. The Morgan fingerprint density at radius 2 is 2.08 bits per heavy atom. The second-order valence-corrected chi connectivity index (χ2v) is 6.08. The third kappa shape index (κ3) is 4.43. The molecule has 3 rings (SSSR count). The van der Waals surface area contributed by atoms with Crippen LogP contribution < -0.4 is 5.32 Å². The van der Waals surface area contributed by atoms with Crippen LogP contribution in [0, 0.1) is 5.82 Å². The van der Waals surface area contributed by atoms with E-state index in [9.17, 15) is 9.18 Å². The highest BCUT2D eigenvalue weighted by molar-refractivity contribution is 5.93. The van der Waals surface area contributed by atoms with Crippen LogP contribution in [0.15, 0.2) is 30.3 Å². The van der Waals surface area contributed by atoms with Crippen LogP contribution in [0.3, 0.4) is 0 Å². The van der Waals surface area contributed by atoms with Crippen molar-refractivity contribution in [2.24, 2.45) is 7.05 Å². The topological polar surface area (TPSA) is 59.4 Å². The van der Waals surface area contributed by atoms with E-state index >= 15 is 0 Å². The Hall–Kier alpha value is -2.25. The number of morpholine rings is 1. The van der Waals surface area contributed by atoms with E-state index in [4.69, 9.17) is 4.74 Å². The molecule has 1 aromatic heterocycles. The van der Waals surface area contributed by atoms with E-state index in [-0.39, 0.29) is 11.7 Å². The van der Waals surface area contributed by atoms with Crippen LogP contribution in [0.25, 0.3) is 11.3 Å². The summed E-state index contributed by atoms with van der Waals surface area (Å²) in [6.45, 7) is 4.98. The molecule has 7 heteroatoms. The Labute approximate surface area is 146 Å². The number of carbonyl (C=O) groups is 1. The number of ether oxygens (including phenoxy) is 1. The van der Waals surface area contributed by atoms with Gasteiger partial charge in [0.15, 0.2) is 0 Å². The molecule has 134 valence electrons. The fourth-order valence-electron chi connectivity index (χ4n) is 2.90. The van der Waals surface area contributed by atoms with Crippen LogP contribution in [0.2, 0.25) is 0 Å². The summed E-state index contributed by atoms with van der Waals surface area (Å²) in [5, 5.41) is 7.17. The van der Waals surface area contributed by atoms with Crippen molar-refractivity contribution in [3.05, 3.63) is 41.8 Å². The summed E-state index contributed by atoms with van der Waals surface area (Å²) in [6, 6.07) is 8.04. The Morgan fingerprint density at radius 3 is 2.84 bits per heavy atom. The van der Waals surface area contributed by atoms with Crippen LogP contribution in [0.5, 0.6) is 0 Å². The van der Waals surface area contributed by atoms with Gasteiger partial charge in [0, 0.05) is 32.2 Å². The molecule has 0 radical (unpaired) electrons. The van der Waals surface area contributed by atoms with Crippen molar-refractivity contribution >= 4 is 5.91 Å². The molecule has 2 heterocycles. The minimum Gasteiger partial charge on any atom is -0.379 e. The Bertz CT molecular complexity index is 726. The number of benzene rings is 1. The van der Waals surface area contributed by atoms with E-state index in [0.717, 1.165) is 39.3 Å². The van der Waals surface area contributed by atoms with E-state index in [2.05, 4.69) is 15.3 Å². The van der Waals surface area contributed by atoms with Gasteiger partial charge in [-0.1, -0.05) is 12.1 Å². The normalized spacial score (nSPS) is 15.3. The summed E-state index contributed by atoms with van der Waals surface area (Å²) in [4.78, 5) is 14.7. The summed E-state index contributed by atoms with van der Waals surface area (Å²) < 4.78 is 20.7. The number of halogens is 1. The molecule has 1 N–H and O–H groups in total. The third-order valence-corrected chi connectivity index (χ3v) is 4.30. The van der Waals surface area contributed by atoms with Gasteiger partial charge in [0.1, 0.15) is 11.5 Å². The average Bonchev–Trinajstić information content (AvgIpc) is 3.01. The van der Waals surface area contributed by atoms with Crippen LogP contribution in [-0.2, 0) is 11.8 Å². The summed E-state index contributed by atoms with van der Waals surface area (Å²) >= 11 is 0. The van der Waals surface area contributed by atoms with Crippen molar-refractivity contribution in [1.29, 1.82) is 0 Å². The van der Waals surface area contributed by atoms with Gasteiger partial charge in [-0.15, -0.1) is 0 Å². The molecular formula is C18H23FN4O2. The fourth-order valence-corrected chi connectivity index (χ4v) is 2.90. The van der Waals surface area contributed by atoms with Gasteiger partial charge in [0.2, 0.25) is 0 Å². The lowest BCUT2D eigenvalue weighted by Crippen LogP contribution is -2.38. The van der Waals surface area contributed by atoms with Crippen molar-refractivity contribution in [2.45, 2.75) is 6.42 Å². The van der Waals surface area contributed by atoms with E-state index in [1.165, 1.54) is 10.7 Å². The van der Waals surface area contributed by atoms with Crippen LogP contribution in [0.1, 0.15) is 16.9 Å². The molecule has 1 fully saturated rings. The van der Waals surface area contributed by atoms with Crippen LogP contribution in [-0.4, -0.2) is 60.0 Å². The molecule has 25 heavy (non-hydrogen) atoms. The maximum Gasteiger partial charge on any atom is 0.269 e. The molecule has 1 aliphatic rings. The maximum absolute atomic E-state index is 13.9. The van der Waals surface area contributed by atoms with Crippen molar-refractivity contribution in [2.75, 3.05) is 39.4 Å². The van der Waals surface area contributed by atoms with Crippen LogP contribution >= 0.6 is 0 Å². The molecule has 0 bridgehead atoms. The van der Waals surface area contributed by atoms with Crippen LogP contribution in [0.4, 0.5) is 4.39 Å². The third-order valence-electron chi connectivity index (χ3n) is 4.30. The molecule has 1 amide bonds. The minimum absolute atomic E-state index is 0.195. The summed E-state index contributed by atoms with van der Waals surface area (Å²) in [5.74, 6) is -0.544. The number of hydrogen-bond acceptors (Lipinski definition) is 4. The van der Waals surface area contributed by atoms with E-state index in [1.807, 2.05) is 0 Å². The standard InChI is InChI=1S/C18H23FN4O2/c1-22-17(13-16(21-22)14-5-2-3-6-15(14)19)18(24)20-7-4-8-23-9-11-25-12-10-23/h2-3,5-6,13H,4,7-12H2,1H3,(H,20,24). The number of nitrogens with one attached hydrogen (secondary N) is 1. The molecule has 0 saturated carbocycles. The number of carbonyl (C=O) groups excluding carboxylic acids is 1. The predicted octanol–water partition coefficient (Wildman–Crippen LogP) is 1.68. The Balaban J connectivity index is 1.54. The van der Waals surface area contributed by atoms with Crippen molar-refractivity contribution in [3.8, 4) is 11.3 Å². The first-order chi connectivity index (χ1) is 12.1. The fraction of sp³-hybridized carbons (Fsp3) is 0.444. The lowest BCUT2D eigenvalue weighted by Gasteiger charge is -2.26. The molecule has 0 unspecified atom stereocenters. The first-order valence-electron chi connectivity index (χ1n) is 8.52. The van der Waals surface area contributed by atoms with Gasteiger partial charge in [-0.3, -0.25) is 14.4 Å². The molecular weight excluding hydrogens is 323 g/mol. The molecule has 0 spiro atoms. The van der Waals surface area contributed by atoms with Crippen molar-refractivity contribution < 1.29 is 13.9 Å². The summed E-state index contributed by atoms with van der Waals surface area (Å²) in [6.07, 6.45) is 0.879. The van der Waals surface area contributed by atoms with Gasteiger partial charge in [0.25, 0.3) is 5.91 Å². The maximum atomic E-state index is 13.9. The number of aryl methyl sites for hydroxylation is 1. The van der Waals surface area contributed by atoms with Gasteiger partial charge in [-0.05, 0) is 31.2 Å². The lowest BCUT2D eigenvalue weighted by molar-refractivity contribution is 0.0374. The van der Waals surface area contributed by atoms with Gasteiger partial charge >= 0.3 is 0 Å². The molecule has 1 aliphatic heterocycles. The highest BCUT2D eigenvalue weighted by Gasteiger charge is 2.16. The number of nitrogens with zero attached hydrogens (tertiary/aromatic N) is 3. The number of aromatic nitrogens is 2. The largest absolute Gasteiger partial charge is 0.379 e. The number of rotatable bonds is 6. The summed E-state index contributed by atoms with van der Waals surface area (Å²) in [7, 11) is 1.69. The van der Waals surface area contributed by atoms with Gasteiger partial charge in [-0.25, -0.2) is 4.39 Å². The van der Waals surface area contributed by atoms with E-state index in [1.54, 1.807) is 31.3 Å². The first-order valence-corrected chi connectivity index (χ1v) is 8.52. The van der Waals surface area contributed by atoms with Crippen molar-refractivity contribution in [1.82, 2.24) is 20.0 Å². The number of amides is 1. The second-order valence-electron chi connectivity index (χ2n) is 6.08. The van der Waals surface area contributed by atoms with E-state index in [0.29, 0.717) is 23.5 Å². The molecule has 1 saturated heterocycles. The molecule has 2 aromatic rings. The SMILES string of the molecule is Cn1nc(-c2ccccc2F)cc1C(=O)NCCCN1CCOCC1. The highest BCUT2D eigenvalue weighted by atomic mass is 19.1. The monoisotopic (exact) mass is 346 g/mol. The Morgan fingerprint density at radius 1 is 1.32 bits per heavy atom.